The highest BCUT2D eigenvalue weighted by molar-refractivity contribution is 7.91. The summed E-state index contributed by atoms with van der Waals surface area (Å²) in [6.07, 6.45) is -8.54. The standard InChI is InChI=1S/C23H15F6N3O4S/c1-2-37(34,35)19-10-9-18(13-4-7-16(8-5-13)36-23(27,28)29)31-20(19)32-21(33)17-11-15(22(24,25)26)6-3-14(17)12-30-32/h3-12H,2H2,1H3. The van der Waals surface area contributed by atoms with Gasteiger partial charge in [-0.3, -0.25) is 4.79 Å². The minimum Gasteiger partial charge on any atom is -0.406 e. The molecule has 0 bridgehead atoms. The third-order valence-corrected chi connectivity index (χ3v) is 7.00. The molecule has 37 heavy (non-hydrogen) atoms. The van der Waals surface area contributed by atoms with Crippen LogP contribution in [0.5, 0.6) is 5.75 Å². The van der Waals surface area contributed by atoms with Gasteiger partial charge in [-0.2, -0.15) is 23.0 Å². The fourth-order valence-electron chi connectivity index (χ4n) is 3.44. The van der Waals surface area contributed by atoms with Gasteiger partial charge in [0.25, 0.3) is 5.56 Å². The third kappa shape index (κ3) is 5.43. The average molecular weight is 543 g/mol. The summed E-state index contributed by atoms with van der Waals surface area (Å²) < 4.78 is 107. The number of alkyl halides is 6. The van der Waals surface area contributed by atoms with Crippen molar-refractivity contribution < 1.29 is 39.5 Å². The van der Waals surface area contributed by atoms with E-state index in [1.807, 2.05) is 0 Å². The molecule has 2 aromatic heterocycles. The van der Waals surface area contributed by atoms with E-state index in [-0.39, 0.29) is 27.8 Å². The number of hydrogen-bond donors (Lipinski definition) is 0. The molecule has 0 unspecified atom stereocenters. The van der Waals surface area contributed by atoms with Crippen molar-refractivity contribution in [1.29, 1.82) is 0 Å². The van der Waals surface area contributed by atoms with Gasteiger partial charge in [-0.15, -0.1) is 13.2 Å². The molecule has 7 nitrogen and oxygen atoms in total. The lowest BCUT2D eigenvalue weighted by molar-refractivity contribution is -0.274. The second-order valence-corrected chi connectivity index (χ2v) is 9.90. The molecule has 2 aromatic carbocycles. The summed E-state index contributed by atoms with van der Waals surface area (Å²) in [5.74, 6) is -1.36. The van der Waals surface area contributed by atoms with Gasteiger partial charge in [0, 0.05) is 10.9 Å². The Bertz CT molecular complexity index is 1650. The highest BCUT2D eigenvalue weighted by Gasteiger charge is 2.32. The first-order valence-corrected chi connectivity index (χ1v) is 12.0. The molecule has 0 spiro atoms. The molecule has 194 valence electrons. The summed E-state index contributed by atoms with van der Waals surface area (Å²) in [7, 11) is -3.99. The first-order chi connectivity index (χ1) is 17.2. The van der Waals surface area contributed by atoms with Crippen molar-refractivity contribution in [3.05, 3.63) is 76.7 Å². The fourth-order valence-corrected chi connectivity index (χ4v) is 4.44. The smallest absolute Gasteiger partial charge is 0.406 e. The highest BCUT2D eigenvalue weighted by Crippen LogP contribution is 2.31. The number of nitrogens with zero attached hydrogens (tertiary/aromatic N) is 3. The molecule has 0 atom stereocenters. The molecule has 0 N–H and O–H groups in total. The summed E-state index contributed by atoms with van der Waals surface area (Å²) in [6.45, 7) is 1.35. The van der Waals surface area contributed by atoms with Crippen LogP contribution in [0.3, 0.4) is 0 Å². The second-order valence-electron chi connectivity index (χ2n) is 7.66. The molecule has 0 amide bonds. The van der Waals surface area contributed by atoms with Crippen LogP contribution in [-0.4, -0.2) is 35.3 Å². The SMILES string of the molecule is CCS(=O)(=O)c1ccc(-c2ccc(OC(F)(F)F)cc2)nc1-n1ncc2ccc(C(F)(F)F)cc2c1=O. The number of aromatic nitrogens is 3. The van der Waals surface area contributed by atoms with Gasteiger partial charge in [0.1, 0.15) is 10.6 Å². The average Bonchev–Trinajstić information content (AvgIpc) is 2.83. The fraction of sp³-hybridized carbons (Fsp3) is 0.174. The van der Waals surface area contributed by atoms with E-state index in [0.717, 1.165) is 36.5 Å². The Balaban J connectivity index is 1.91. The molecule has 0 radical (unpaired) electrons. The Hall–Kier alpha value is -3.94. The maximum absolute atomic E-state index is 13.2. The van der Waals surface area contributed by atoms with Gasteiger partial charge < -0.3 is 4.74 Å². The van der Waals surface area contributed by atoms with Gasteiger partial charge in [-0.05, 0) is 48.5 Å². The Morgan fingerprint density at radius 2 is 1.62 bits per heavy atom. The van der Waals surface area contributed by atoms with Crippen molar-refractivity contribution in [2.24, 2.45) is 0 Å². The zero-order valence-corrected chi connectivity index (χ0v) is 19.4. The van der Waals surface area contributed by atoms with Crippen LogP contribution in [-0.2, 0) is 16.0 Å². The predicted molar refractivity (Wildman–Crippen MR) is 120 cm³/mol. The molecule has 0 aliphatic rings. The van der Waals surface area contributed by atoms with Crippen molar-refractivity contribution in [3.63, 3.8) is 0 Å². The third-order valence-electron chi connectivity index (χ3n) is 5.25. The number of pyridine rings is 1. The lowest BCUT2D eigenvalue weighted by Gasteiger charge is -2.14. The van der Waals surface area contributed by atoms with E-state index in [9.17, 15) is 39.6 Å². The zero-order valence-electron chi connectivity index (χ0n) is 18.6. The van der Waals surface area contributed by atoms with Crippen LogP contribution in [0.15, 0.2) is 70.5 Å². The van der Waals surface area contributed by atoms with Crippen LogP contribution >= 0.6 is 0 Å². The highest BCUT2D eigenvalue weighted by atomic mass is 32.2. The Kier molecular flexibility index (Phi) is 6.48. The topological polar surface area (TPSA) is 91.2 Å². The first-order valence-electron chi connectivity index (χ1n) is 10.4. The van der Waals surface area contributed by atoms with E-state index >= 15 is 0 Å². The monoisotopic (exact) mass is 543 g/mol. The Morgan fingerprint density at radius 3 is 2.22 bits per heavy atom. The van der Waals surface area contributed by atoms with Crippen molar-refractivity contribution in [3.8, 4) is 22.8 Å². The maximum atomic E-state index is 13.2. The summed E-state index contributed by atoms with van der Waals surface area (Å²) in [5, 5.41) is 3.64. The minimum atomic E-state index is -4.90. The number of sulfone groups is 1. The number of fused-ring (bicyclic) bond motifs is 1. The lowest BCUT2D eigenvalue weighted by atomic mass is 10.1. The van der Waals surface area contributed by atoms with Crippen molar-refractivity contribution in [2.75, 3.05) is 5.75 Å². The molecule has 0 aliphatic carbocycles. The summed E-state index contributed by atoms with van der Waals surface area (Å²) in [6, 6.07) is 9.38. The van der Waals surface area contributed by atoms with Gasteiger partial charge in [0.2, 0.25) is 0 Å². The van der Waals surface area contributed by atoms with Crippen LogP contribution in [0, 0.1) is 0 Å². The van der Waals surface area contributed by atoms with Crippen molar-refractivity contribution in [1.82, 2.24) is 14.8 Å². The van der Waals surface area contributed by atoms with Crippen LogP contribution < -0.4 is 10.3 Å². The van der Waals surface area contributed by atoms with E-state index in [4.69, 9.17) is 0 Å². The molecule has 14 heteroatoms. The molecule has 0 saturated carbocycles. The summed E-state index contributed by atoms with van der Waals surface area (Å²) in [4.78, 5) is 17.0. The molecule has 0 saturated heterocycles. The van der Waals surface area contributed by atoms with Gasteiger partial charge in [0.15, 0.2) is 15.7 Å². The molecular formula is C23H15F6N3O4S. The largest absolute Gasteiger partial charge is 0.573 e. The molecule has 4 aromatic rings. The summed E-state index contributed by atoms with van der Waals surface area (Å²) in [5.41, 5.74) is -1.83. The van der Waals surface area contributed by atoms with Crippen LogP contribution in [0.2, 0.25) is 0 Å². The van der Waals surface area contributed by atoms with E-state index < -0.39 is 50.0 Å². The predicted octanol–water partition coefficient (Wildman–Crippen LogP) is 5.16. The minimum absolute atomic E-state index is 0.0569. The quantitative estimate of drug-likeness (QED) is 0.323. The summed E-state index contributed by atoms with van der Waals surface area (Å²) >= 11 is 0. The molecule has 4 rings (SSSR count). The van der Waals surface area contributed by atoms with Crippen LogP contribution in [0.4, 0.5) is 26.3 Å². The normalized spacial score (nSPS) is 12.6. The van der Waals surface area contributed by atoms with Gasteiger partial charge in [0.05, 0.1) is 28.6 Å². The lowest BCUT2D eigenvalue weighted by Crippen LogP contribution is -2.25. The number of benzene rings is 2. The van der Waals surface area contributed by atoms with Crippen molar-refractivity contribution >= 4 is 20.6 Å². The number of hydrogen-bond acceptors (Lipinski definition) is 6. The first kappa shape index (κ1) is 26.1. The van der Waals surface area contributed by atoms with E-state index in [1.165, 1.54) is 25.1 Å². The molecule has 0 fully saturated rings. The molecular weight excluding hydrogens is 528 g/mol. The van der Waals surface area contributed by atoms with E-state index in [1.54, 1.807) is 0 Å². The molecule has 2 heterocycles. The van der Waals surface area contributed by atoms with Crippen molar-refractivity contribution in [2.45, 2.75) is 24.4 Å². The number of ether oxygens (including phenoxy) is 1. The van der Waals surface area contributed by atoms with Crippen LogP contribution in [0.1, 0.15) is 12.5 Å². The van der Waals surface area contributed by atoms with Gasteiger partial charge in [-0.25, -0.2) is 13.4 Å². The molecule has 0 aliphatic heterocycles. The number of rotatable bonds is 5. The second kappa shape index (κ2) is 9.18. The van der Waals surface area contributed by atoms with Gasteiger partial charge in [-0.1, -0.05) is 13.0 Å². The Labute approximate surface area is 204 Å². The van der Waals surface area contributed by atoms with Crippen LogP contribution in [0.25, 0.3) is 27.8 Å². The Morgan fingerprint density at radius 1 is 0.946 bits per heavy atom. The van der Waals surface area contributed by atoms with E-state index in [0.29, 0.717) is 10.7 Å². The maximum Gasteiger partial charge on any atom is 0.573 e. The van der Waals surface area contributed by atoms with Gasteiger partial charge >= 0.3 is 12.5 Å². The zero-order chi connectivity index (χ0) is 27.2. The number of halogens is 6. The van der Waals surface area contributed by atoms with E-state index in [2.05, 4.69) is 14.8 Å².